The summed E-state index contributed by atoms with van der Waals surface area (Å²) in [7, 11) is 1.36. The number of hydrogen-bond donors (Lipinski definition) is 2. The molecule has 1 unspecified atom stereocenters. The zero-order valence-electron chi connectivity index (χ0n) is 12.5. The minimum Gasteiger partial charge on any atom is -0.489 e. The largest absolute Gasteiger partial charge is 0.489 e. The van der Waals surface area contributed by atoms with Crippen LogP contribution in [0.25, 0.3) is 0 Å². The first-order valence-corrected chi connectivity index (χ1v) is 6.88. The molecule has 0 aliphatic rings. The molecule has 0 aliphatic carbocycles. The zero-order valence-corrected chi connectivity index (χ0v) is 12.5. The van der Waals surface area contributed by atoms with Crippen molar-refractivity contribution in [1.29, 1.82) is 0 Å². The van der Waals surface area contributed by atoms with E-state index >= 15 is 0 Å². The molecule has 23 heavy (non-hydrogen) atoms. The number of nitrogens with one attached hydrogen (secondary N) is 1. The van der Waals surface area contributed by atoms with Gasteiger partial charge in [0.05, 0.1) is 12.9 Å². The van der Waals surface area contributed by atoms with Gasteiger partial charge in [-0.3, -0.25) is 4.79 Å². The van der Waals surface area contributed by atoms with Crippen LogP contribution in [0.2, 0.25) is 0 Å². The lowest BCUT2D eigenvalue weighted by Gasteiger charge is -2.13. The van der Waals surface area contributed by atoms with Crippen LogP contribution in [0, 0.1) is 0 Å². The third kappa shape index (κ3) is 4.58. The van der Waals surface area contributed by atoms with Gasteiger partial charge in [-0.25, -0.2) is 4.79 Å². The van der Waals surface area contributed by atoms with Gasteiger partial charge in [-0.2, -0.15) is 0 Å². The van der Waals surface area contributed by atoms with Gasteiger partial charge >= 0.3 is 5.97 Å². The molecule has 1 aromatic carbocycles. The van der Waals surface area contributed by atoms with Crippen LogP contribution in [-0.2, 0) is 16.1 Å². The van der Waals surface area contributed by atoms with E-state index in [9.17, 15) is 9.59 Å². The second-order valence-corrected chi connectivity index (χ2v) is 4.70. The van der Waals surface area contributed by atoms with Gasteiger partial charge in [0.15, 0.2) is 11.8 Å². The molecule has 2 N–H and O–H groups in total. The molecule has 1 heterocycles. The van der Waals surface area contributed by atoms with Crippen molar-refractivity contribution in [3.63, 3.8) is 0 Å². The number of aliphatic carboxylic acids is 1. The van der Waals surface area contributed by atoms with Crippen molar-refractivity contribution < 1.29 is 28.6 Å². The lowest BCUT2D eigenvalue weighted by molar-refractivity contribution is -0.140. The summed E-state index contributed by atoms with van der Waals surface area (Å²) in [4.78, 5) is 23.2. The van der Waals surface area contributed by atoms with Gasteiger partial charge in [0.2, 0.25) is 0 Å². The minimum absolute atomic E-state index is 0.0169. The number of carboxylic acid groups (broad SMARTS) is 1. The van der Waals surface area contributed by atoms with Crippen molar-refractivity contribution in [2.24, 2.45) is 0 Å². The van der Waals surface area contributed by atoms with Crippen LogP contribution >= 0.6 is 0 Å². The number of rotatable bonds is 8. The van der Waals surface area contributed by atoms with Crippen molar-refractivity contribution in [3.8, 4) is 5.75 Å². The maximum Gasteiger partial charge on any atom is 0.328 e. The van der Waals surface area contributed by atoms with E-state index in [1.165, 1.54) is 13.4 Å². The fourth-order valence-corrected chi connectivity index (χ4v) is 1.89. The molecular weight excluding hydrogens is 302 g/mol. The standard InChI is InChI=1S/C16H17NO6/c1-21-10-13(16(19)20)17-15(18)14-11(7-8-22-14)9-23-12-5-3-2-4-6-12/h2-8,13H,9-10H2,1H3,(H,17,18)(H,19,20). The monoisotopic (exact) mass is 319 g/mol. The summed E-state index contributed by atoms with van der Waals surface area (Å²) in [5.41, 5.74) is 0.521. The number of hydrogen-bond acceptors (Lipinski definition) is 5. The van der Waals surface area contributed by atoms with Crippen molar-refractivity contribution in [1.82, 2.24) is 5.32 Å². The van der Waals surface area contributed by atoms with Crippen molar-refractivity contribution in [3.05, 3.63) is 54.0 Å². The van der Waals surface area contributed by atoms with Crippen molar-refractivity contribution in [2.75, 3.05) is 13.7 Å². The Morgan fingerprint density at radius 2 is 2.00 bits per heavy atom. The third-order valence-corrected chi connectivity index (χ3v) is 3.03. The van der Waals surface area contributed by atoms with Gasteiger partial charge in [-0.05, 0) is 18.2 Å². The normalized spacial score (nSPS) is 11.7. The molecular formula is C16H17NO6. The number of methoxy groups -OCH3 is 1. The summed E-state index contributed by atoms with van der Waals surface area (Å²) < 4.78 is 15.5. The summed E-state index contributed by atoms with van der Waals surface area (Å²) in [6.07, 6.45) is 1.35. The predicted molar refractivity (Wildman–Crippen MR) is 80.2 cm³/mol. The molecule has 0 saturated heterocycles. The molecule has 7 heteroatoms. The van der Waals surface area contributed by atoms with Gasteiger partial charge < -0.3 is 24.3 Å². The number of ether oxygens (including phenoxy) is 2. The van der Waals surface area contributed by atoms with Crippen LogP contribution in [0.1, 0.15) is 16.1 Å². The van der Waals surface area contributed by atoms with E-state index in [1.807, 2.05) is 18.2 Å². The topological polar surface area (TPSA) is 98.0 Å². The fourth-order valence-electron chi connectivity index (χ4n) is 1.89. The SMILES string of the molecule is COCC(NC(=O)c1occc1COc1ccccc1)C(=O)O. The molecule has 0 radical (unpaired) electrons. The van der Waals surface area contributed by atoms with Crippen LogP contribution in [0.4, 0.5) is 0 Å². The van der Waals surface area contributed by atoms with Gasteiger partial charge in [-0.15, -0.1) is 0 Å². The van der Waals surface area contributed by atoms with E-state index in [-0.39, 0.29) is 19.0 Å². The smallest absolute Gasteiger partial charge is 0.328 e. The molecule has 0 saturated carbocycles. The second-order valence-electron chi connectivity index (χ2n) is 4.70. The summed E-state index contributed by atoms with van der Waals surface area (Å²) in [6.45, 7) is -0.0110. The average Bonchev–Trinajstić information content (AvgIpc) is 3.02. The number of benzene rings is 1. The highest BCUT2D eigenvalue weighted by Crippen LogP contribution is 2.16. The summed E-state index contributed by atoms with van der Waals surface area (Å²) >= 11 is 0. The number of furan rings is 1. The van der Waals surface area contributed by atoms with E-state index in [2.05, 4.69) is 5.32 Å². The number of carboxylic acids is 1. The lowest BCUT2D eigenvalue weighted by Crippen LogP contribution is -2.43. The lowest BCUT2D eigenvalue weighted by atomic mass is 10.2. The Morgan fingerprint density at radius 3 is 2.65 bits per heavy atom. The van der Waals surface area contributed by atoms with E-state index in [0.29, 0.717) is 11.3 Å². The first kappa shape index (κ1) is 16.6. The van der Waals surface area contributed by atoms with E-state index in [4.69, 9.17) is 19.0 Å². The molecule has 2 aromatic rings. The molecule has 0 fully saturated rings. The highest BCUT2D eigenvalue weighted by Gasteiger charge is 2.24. The van der Waals surface area contributed by atoms with E-state index in [0.717, 1.165) is 0 Å². The molecule has 2 rings (SSSR count). The molecule has 122 valence electrons. The summed E-state index contributed by atoms with van der Waals surface area (Å²) in [5.74, 6) is -1.15. The van der Waals surface area contributed by atoms with Gasteiger partial charge in [0.25, 0.3) is 5.91 Å². The Kier molecular flexibility index (Phi) is 5.76. The Morgan fingerprint density at radius 1 is 1.26 bits per heavy atom. The van der Waals surface area contributed by atoms with Gasteiger partial charge in [-0.1, -0.05) is 18.2 Å². The van der Waals surface area contributed by atoms with Crippen LogP contribution in [0.3, 0.4) is 0 Å². The Bertz CT molecular complexity index is 652. The highest BCUT2D eigenvalue weighted by molar-refractivity contribution is 5.95. The number of carbonyl (C=O) groups excluding carboxylic acids is 1. The van der Waals surface area contributed by atoms with Gasteiger partial charge in [0.1, 0.15) is 12.4 Å². The molecule has 0 aliphatic heterocycles. The minimum atomic E-state index is -1.19. The first-order valence-electron chi connectivity index (χ1n) is 6.88. The molecule has 7 nitrogen and oxygen atoms in total. The highest BCUT2D eigenvalue weighted by atomic mass is 16.5. The summed E-state index contributed by atoms with van der Waals surface area (Å²) in [6, 6.07) is 9.56. The maximum atomic E-state index is 12.1. The second kappa shape index (κ2) is 8.00. The molecule has 1 amide bonds. The number of amides is 1. The van der Waals surface area contributed by atoms with Crippen LogP contribution in [0.5, 0.6) is 5.75 Å². The van der Waals surface area contributed by atoms with E-state index < -0.39 is 17.9 Å². The fraction of sp³-hybridized carbons (Fsp3) is 0.250. The molecule has 1 aromatic heterocycles. The quantitative estimate of drug-likeness (QED) is 0.768. The first-order chi connectivity index (χ1) is 11.1. The van der Waals surface area contributed by atoms with Crippen molar-refractivity contribution in [2.45, 2.75) is 12.6 Å². The van der Waals surface area contributed by atoms with Crippen LogP contribution < -0.4 is 10.1 Å². The molecule has 0 spiro atoms. The zero-order chi connectivity index (χ0) is 16.7. The summed E-state index contributed by atoms with van der Waals surface area (Å²) in [5, 5.41) is 11.4. The average molecular weight is 319 g/mol. The Balaban J connectivity index is 2.01. The third-order valence-electron chi connectivity index (χ3n) is 3.03. The number of para-hydroxylation sites is 1. The Labute approximate surface area is 132 Å². The maximum absolute atomic E-state index is 12.1. The van der Waals surface area contributed by atoms with Gasteiger partial charge in [0, 0.05) is 12.7 Å². The predicted octanol–water partition coefficient (Wildman–Crippen LogP) is 1.69. The number of carbonyl (C=O) groups is 2. The van der Waals surface area contributed by atoms with Crippen LogP contribution in [0.15, 0.2) is 47.1 Å². The Hall–Kier alpha value is -2.80. The molecule has 0 bridgehead atoms. The van der Waals surface area contributed by atoms with Crippen LogP contribution in [-0.4, -0.2) is 36.7 Å². The molecule has 1 atom stereocenters. The van der Waals surface area contributed by atoms with E-state index in [1.54, 1.807) is 18.2 Å². The van der Waals surface area contributed by atoms with Crippen molar-refractivity contribution >= 4 is 11.9 Å².